The average Bonchev–Trinajstić information content (AvgIpc) is 3.04. The lowest BCUT2D eigenvalue weighted by molar-refractivity contribution is 0.0682. The van der Waals surface area contributed by atoms with Gasteiger partial charge in [-0.3, -0.25) is 0 Å². The van der Waals surface area contributed by atoms with E-state index in [1.165, 1.54) is 45.6 Å². The molecule has 0 radical (unpaired) electrons. The molecule has 3 aromatic carbocycles. The van der Waals surface area contributed by atoms with Crippen LogP contribution in [-0.2, 0) is 6.54 Å². The van der Waals surface area contributed by atoms with Crippen molar-refractivity contribution in [2.45, 2.75) is 20.4 Å². The first kappa shape index (κ1) is 26.9. The number of aryl methyl sites for hydroxylation is 1. The Morgan fingerprint density at radius 3 is 2.00 bits per heavy atom. The molecule has 0 amide bonds. The monoisotopic (exact) mass is 539 g/mol. The zero-order valence-corrected chi connectivity index (χ0v) is 21.6. The van der Waals surface area contributed by atoms with Crippen LogP contribution in [0.2, 0.25) is 0 Å². The normalized spacial score (nSPS) is 11.8. The summed E-state index contributed by atoms with van der Waals surface area (Å²) in [6, 6.07) is 5.26. The maximum atomic E-state index is 13.3. The Balaban J connectivity index is 1.87. The maximum absolute atomic E-state index is 13.3. The lowest BCUT2D eigenvalue weighted by Gasteiger charge is -2.19. The average molecular weight is 539 g/mol. The molecule has 0 saturated heterocycles. The first-order valence-corrected chi connectivity index (χ1v) is 11.5. The Morgan fingerprint density at radius 1 is 0.821 bits per heavy atom. The molecule has 0 bridgehead atoms. The fraction of sp³-hybridized carbons (Fsp3) is 0.222. The molecular formula is C27H25NO11. The largest absolute Gasteiger partial charge is 0.507 e. The number of carboxylic acid groups (broad SMARTS) is 2. The standard InChI is InChI=1S/C27H25NO11/c1-11-6-17(29)15(10-28-16-9-20(37-5)19(36-4)7-13(16)25(30)31)23-21(11)27(34)39-22-12(2)18(35-3)8-14(26(32)33)24(22)38-23/h6-9,28-29H,10H2,1-5H3,(H,30,31)(H,32,33). The van der Waals surface area contributed by atoms with Gasteiger partial charge in [0.1, 0.15) is 22.6 Å². The number of esters is 1. The molecule has 1 heterocycles. The first-order chi connectivity index (χ1) is 18.5. The second-order valence-electron chi connectivity index (χ2n) is 8.51. The van der Waals surface area contributed by atoms with E-state index in [0.717, 1.165) is 0 Å². The van der Waals surface area contributed by atoms with Gasteiger partial charge in [-0.05, 0) is 31.5 Å². The van der Waals surface area contributed by atoms with Crippen molar-refractivity contribution in [1.29, 1.82) is 0 Å². The molecule has 0 aliphatic carbocycles. The number of aromatic carboxylic acids is 2. The molecule has 0 atom stereocenters. The van der Waals surface area contributed by atoms with E-state index in [4.69, 9.17) is 23.7 Å². The minimum Gasteiger partial charge on any atom is -0.507 e. The van der Waals surface area contributed by atoms with Crippen LogP contribution in [0.3, 0.4) is 0 Å². The highest BCUT2D eigenvalue weighted by atomic mass is 16.6. The van der Waals surface area contributed by atoms with E-state index in [2.05, 4.69) is 5.32 Å². The second kappa shape index (κ2) is 10.3. The maximum Gasteiger partial charge on any atom is 0.347 e. The molecule has 0 spiro atoms. The predicted molar refractivity (Wildman–Crippen MR) is 136 cm³/mol. The third-order valence-corrected chi connectivity index (χ3v) is 6.26. The molecule has 1 aliphatic rings. The van der Waals surface area contributed by atoms with Crippen LogP contribution in [-0.4, -0.2) is 54.6 Å². The minimum absolute atomic E-state index is 0.0405. The van der Waals surface area contributed by atoms with Crippen molar-refractivity contribution < 1.29 is 53.4 Å². The third kappa shape index (κ3) is 4.67. The van der Waals surface area contributed by atoms with Gasteiger partial charge in [-0.15, -0.1) is 0 Å². The van der Waals surface area contributed by atoms with Crippen molar-refractivity contribution in [3.63, 3.8) is 0 Å². The summed E-state index contributed by atoms with van der Waals surface area (Å²) < 4.78 is 27.3. The zero-order valence-electron chi connectivity index (χ0n) is 21.6. The van der Waals surface area contributed by atoms with Crippen LogP contribution in [0.25, 0.3) is 0 Å². The lowest BCUT2D eigenvalue weighted by atomic mass is 10.0. The molecule has 204 valence electrons. The molecule has 4 rings (SSSR count). The molecule has 12 nitrogen and oxygen atoms in total. The van der Waals surface area contributed by atoms with Gasteiger partial charge in [-0.2, -0.15) is 0 Å². The topological polar surface area (TPSA) is 170 Å². The predicted octanol–water partition coefficient (Wildman–Crippen LogP) is 4.37. The van der Waals surface area contributed by atoms with E-state index in [1.807, 2.05) is 0 Å². The summed E-state index contributed by atoms with van der Waals surface area (Å²) in [4.78, 5) is 37.3. The van der Waals surface area contributed by atoms with E-state index in [0.29, 0.717) is 11.1 Å². The number of hydrogen-bond acceptors (Lipinski definition) is 10. The van der Waals surface area contributed by atoms with E-state index in [-0.39, 0.29) is 74.7 Å². The van der Waals surface area contributed by atoms with Gasteiger partial charge in [-0.25, -0.2) is 14.4 Å². The van der Waals surface area contributed by atoms with Crippen LogP contribution in [0.15, 0.2) is 24.3 Å². The molecule has 12 heteroatoms. The van der Waals surface area contributed by atoms with Crippen LogP contribution >= 0.6 is 0 Å². The van der Waals surface area contributed by atoms with Crippen LogP contribution in [0.1, 0.15) is 47.8 Å². The number of benzene rings is 3. The summed E-state index contributed by atoms with van der Waals surface area (Å²) >= 11 is 0. The van der Waals surface area contributed by atoms with Crippen molar-refractivity contribution >= 4 is 23.6 Å². The molecule has 0 unspecified atom stereocenters. The van der Waals surface area contributed by atoms with Crippen molar-refractivity contribution in [2.24, 2.45) is 0 Å². The highest BCUT2D eigenvalue weighted by molar-refractivity contribution is 6.01. The van der Waals surface area contributed by atoms with Crippen LogP contribution in [0.5, 0.6) is 40.2 Å². The number of anilines is 1. The van der Waals surface area contributed by atoms with Gasteiger partial charge in [0.05, 0.1) is 38.1 Å². The third-order valence-electron chi connectivity index (χ3n) is 6.26. The minimum atomic E-state index is -1.36. The van der Waals surface area contributed by atoms with Crippen molar-refractivity contribution in [2.75, 3.05) is 26.6 Å². The van der Waals surface area contributed by atoms with Crippen LogP contribution < -0.4 is 29.0 Å². The van der Waals surface area contributed by atoms with Gasteiger partial charge in [0.15, 0.2) is 28.7 Å². The van der Waals surface area contributed by atoms with Crippen molar-refractivity contribution in [3.8, 4) is 40.2 Å². The number of carbonyl (C=O) groups excluding carboxylic acids is 1. The summed E-state index contributed by atoms with van der Waals surface area (Å²) in [7, 11) is 4.11. The van der Waals surface area contributed by atoms with Gasteiger partial charge in [0.25, 0.3) is 0 Å². The highest BCUT2D eigenvalue weighted by Gasteiger charge is 2.34. The van der Waals surface area contributed by atoms with Gasteiger partial charge in [0, 0.05) is 24.2 Å². The van der Waals surface area contributed by atoms with E-state index in [9.17, 15) is 29.7 Å². The van der Waals surface area contributed by atoms with Gasteiger partial charge >= 0.3 is 17.9 Å². The Bertz CT molecular complexity index is 1530. The Labute approximate surface area is 222 Å². The van der Waals surface area contributed by atoms with E-state index in [1.54, 1.807) is 13.8 Å². The molecule has 0 aromatic heterocycles. The van der Waals surface area contributed by atoms with E-state index >= 15 is 0 Å². The first-order valence-electron chi connectivity index (χ1n) is 11.5. The Kier molecular flexibility index (Phi) is 7.13. The number of phenols is 1. The number of rotatable bonds is 8. The van der Waals surface area contributed by atoms with Crippen molar-refractivity contribution in [3.05, 3.63) is 57.6 Å². The summed E-state index contributed by atoms with van der Waals surface area (Å²) in [5, 5.41) is 33.4. The molecule has 3 aromatic rings. The number of aromatic hydroxyl groups is 1. The summed E-state index contributed by atoms with van der Waals surface area (Å²) in [5.41, 5.74) is 0.294. The fourth-order valence-corrected chi connectivity index (χ4v) is 4.28. The Hall–Kier alpha value is -5.13. The number of ether oxygens (including phenoxy) is 5. The summed E-state index contributed by atoms with van der Waals surface area (Å²) in [6.45, 7) is 2.90. The molecule has 1 aliphatic heterocycles. The smallest absolute Gasteiger partial charge is 0.347 e. The van der Waals surface area contributed by atoms with Gasteiger partial charge in [0.2, 0.25) is 0 Å². The number of phenolic OH excluding ortho intramolecular Hbond substituents is 1. The SMILES string of the molecule is COc1cc(NCc2c(O)cc(C)c3c2Oc2c(C(=O)O)cc(OC)c(C)c2OC3=O)c(C(=O)O)cc1OC. The molecule has 0 saturated carbocycles. The summed E-state index contributed by atoms with van der Waals surface area (Å²) in [6.07, 6.45) is 0. The number of fused-ring (bicyclic) bond motifs is 2. The number of methoxy groups -OCH3 is 3. The quantitative estimate of drug-likeness (QED) is 0.236. The zero-order chi connectivity index (χ0) is 28.6. The summed E-state index contributed by atoms with van der Waals surface area (Å²) in [5.74, 6) is -3.66. The fourth-order valence-electron chi connectivity index (χ4n) is 4.28. The molecule has 39 heavy (non-hydrogen) atoms. The molecule has 0 fully saturated rings. The molecule has 4 N–H and O–H groups in total. The second-order valence-corrected chi connectivity index (χ2v) is 8.51. The molecular weight excluding hydrogens is 514 g/mol. The van der Waals surface area contributed by atoms with Crippen LogP contribution in [0.4, 0.5) is 5.69 Å². The van der Waals surface area contributed by atoms with Gasteiger partial charge < -0.3 is 44.3 Å². The van der Waals surface area contributed by atoms with E-state index < -0.39 is 17.9 Å². The number of hydrogen-bond donors (Lipinski definition) is 4. The van der Waals surface area contributed by atoms with Gasteiger partial charge in [-0.1, -0.05) is 0 Å². The number of nitrogens with one attached hydrogen (secondary N) is 1. The van der Waals surface area contributed by atoms with Crippen LogP contribution in [0, 0.1) is 13.8 Å². The van der Waals surface area contributed by atoms with Crippen molar-refractivity contribution in [1.82, 2.24) is 0 Å². The number of carbonyl (C=O) groups is 3. The Morgan fingerprint density at radius 2 is 1.41 bits per heavy atom. The lowest BCUT2D eigenvalue weighted by Crippen LogP contribution is -2.13. The highest BCUT2D eigenvalue weighted by Crippen LogP contribution is 2.49. The number of carboxylic acids is 2.